The van der Waals surface area contributed by atoms with Gasteiger partial charge in [0.05, 0.1) is 16.1 Å². The van der Waals surface area contributed by atoms with Crippen molar-refractivity contribution in [2.45, 2.75) is 30.6 Å². The second kappa shape index (κ2) is 5.63. The Labute approximate surface area is 116 Å². The van der Waals surface area contributed by atoms with Crippen molar-refractivity contribution in [2.75, 3.05) is 18.8 Å². The molecule has 0 aliphatic carbocycles. The normalized spacial score (nSPS) is 23.1. The van der Waals surface area contributed by atoms with Crippen molar-refractivity contribution in [3.63, 3.8) is 0 Å². The molecule has 0 radical (unpaired) electrons. The third-order valence-electron chi connectivity index (χ3n) is 3.36. The van der Waals surface area contributed by atoms with Crippen molar-refractivity contribution in [1.82, 2.24) is 4.90 Å². The minimum absolute atomic E-state index is 0.174. The first-order chi connectivity index (χ1) is 8.49. The molecule has 3 nitrogen and oxygen atoms in total. The summed E-state index contributed by atoms with van der Waals surface area (Å²) in [6, 6.07) is 4.03. The van der Waals surface area contributed by atoms with E-state index in [1.54, 1.807) is 23.1 Å². The second-order valence-corrected chi connectivity index (χ2v) is 7.55. The third kappa shape index (κ3) is 3.28. The number of hydrogen-bond donors (Lipinski definition) is 1. The van der Waals surface area contributed by atoms with Crippen LogP contribution in [-0.4, -0.2) is 40.9 Å². The molecule has 0 spiro atoms. The molecule has 0 saturated carbocycles. The summed E-state index contributed by atoms with van der Waals surface area (Å²) in [4.78, 5) is 14.0. The van der Waals surface area contributed by atoms with Crippen LogP contribution in [0.1, 0.15) is 20.3 Å². The van der Waals surface area contributed by atoms with E-state index < -0.39 is 0 Å². The Morgan fingerprint density at radius 2 is 2.44 bits per heavy atom. The molecule has 100 valence electrons. The fourth-order valence-corrected chi connectivity index (χ4v) is 3.81. The number of aliphatic hydroxyl groups is 1. The molecular weight excluding hydrogens is 266 g/mol. The van der Waals surface area contributed by atoms with Crippen molar-refractivity contribution in [3.8, 4) is 0 Å². The minimum Gasteiger partial charge on any atom is -0.392 e. The van der Waals surface area contributed by atoms with Crippen molar-refractivity contribution in [2.24, 2.45) is 5.41 Å². The monoisotopic (exact) mass is 285 g/mol. The van der Waals surface area contributed by atoms with Gasteiger partial charge in [0.25, 0.3) is 0 Å². The van der Waals surface area contributed by atoms with E-state index in [2.05, 4.69) is 0 Å². The minimum atomic E-state index is -0.300. The summed E-state index contributed by atoms with van der Waals surface area (Å²) in [5.41, 5.74) is -0.193. The van der Waals surface area contributed by atoms with E-state index in [-0.39, 0.29) is 17.4 Å². The van der Waals surface area contributed by atoms with Gasteiger partial charge in [0.15, 0.2) is 0 Å². The molecule has 1 fully saturated rings. The van der Waals surface area contributed by atoms with Crippen LogP contribution in [0.15, 0.2) is 21.7 Å². The molecule has 1 aromatic heterocycles. The van der Waals surface area contributed by atoms with Crippen LogP contribution in [0.5, 0.6) is 0 Å². The summed E-state index contributed by atoms with van der Waals surface area (Å²) >= 11 is 3.26. The molecule has 1 aliphatic heterocycles. The summed E-state index contributed by atoms with van der Waals surface area (Å²) in [5, 5.41) is 11.9. The Kier molecular flexibility index (Phi) is 4.35. The Bertz CT molecular complexity index is 403. The average Bonchev–Trinajstić information content (AvgIpc) is 2.82. The molecule has 1 unspecified atom stereocenters. The fourth-order valence-electron chi connectivity index (χ4n) is 2.13. The molecule has 1 atom stereocenters. The van der Waals surface area contributed by atoms with Gasteiger partial charge in [-0.15, -0.1) is 23.1 Å². The lowest BCUT2D eigenvalue weighted by Crippen LogP contribution is -2.51. The van der Waals surface area contributed by atoms with E-state index in [9.17, 15) is 9.90 Å². The second-order valence-electron chi connectivity index (χ2n) is 5.33. The summed E-state index contributed by atoms with van der Waals surface area (Å²) in [5.74, 6) is 0.667. The highest BCUT2D eigenvalue weighted by Gasteiger charge is 2.36. The Morgan fingerprint density at radius 3 is 3.06 bits per heavy atom. The lowest BCUT2D eigenvalue weighted by atomic mass is 9.81. The van der Waals surface area contributed by atoms with Crippen LogP contribution in [0.2, 0.25) is 0 Å². The number of piperidine rings is 1. The first-order valence-electron chi connectivity index (χ1n) is 6.11. The number of likely N-dealkylation sites (tertiary alicyclic amines) is 1. The molecule has 2 heterocycles. The van der Waals surface area contributed by atoms with Gasteiger partial charge in [0.2, 0.25) is 5.91 Å². The first-order valence-corrected chi connectivity index (χ1v) is 7.98. The van der Waals surface area contributed by atoms with Gasteiger partial charge >= 0.3 is 0 Å². The standard InChI is InChI=1S/C13H19NO2S2/c1-13(2)9-14(6-5-10(13)15)11(16)8-18-12-4-3-7-17-12/h3-4,7,10,15H,5-6,8-9H2,1-2H3. The third-order valence-corrected chi connectivity index (χ3v) is 5.47. The first kappa shape index (κ1) is 13.9. The van der Waals surface area contributed by atoms with Crippen molar-refractivity contribution >= 4 is 29.0 Å². The van der Waals surface area contributed by atoms with E-state index in [1.165, 1.54) is 4.21 Å². The van der Waals surface area contributed by atoms with E-state index in [1.807, 2.05) is 36.3 Å². The number of nitrogens with zero attached hydrogens (tertiary/aromatic N) is 1. The van der Waals surface area contributed by atoms with Gasteiger partial charge in [0.1, 0.15) is 0 Å². The van der Waals surface area contributed by atoms with Gasteiger partial charge in [-0.1, -0.05) is 19.9 Å². The van der Waals surface area contributed by atoms with Gasteiger partial charge in [-0.25, -0.2) is 0 Å². The average molecular weight is 285 g/mol. The van der Waals surface area contributed by atoms with Crippen LogP contribution < -0.4 is 0 Å². The van der Waals surface area contributed by atoms with Crippen LogP contribution in [0.4, 0.5) is 0 Å². The molecule has 5 heteroatoms. The van der Waals surface area contributed by atoms with E-state index in [0.29, 0.717) is 25.3 Å². The lowest BCUT2D eigenvalue weighted by Gasteiger charge is -2.41. The highest BCUT2D eigenvalue weighted by Crippen LogP contribution is 2.30. The number of carbonyl (C=O) groups excluding carboxylic acids is 1. The maximum Gasteiger partial charge on any atom is 0.232 e. The predicted molar refractivity (Wildman–Crippen MR) is 76.0 cm³/mol. The number of hydrogen-bond acceptors (Lipinski definition) is 4. The quantitative estimate of drug-likeness (QED) is 0.867. The fraction of sp³-hybridized carbons (Fsp3) is 0.615. The highest BCUT2D eigenvalue weighted by atomic mass is 32.2. The number of rotatable bonds is 3. The smallest absolute Gasteiger partial charge is 0.232 e. The van der Waals surface area contributed by atoms with Gasteiger partial charge in [0, 0.05) is 18.5 Å². The van der Waals surface area contributed by atoms with Crippen LogP contribution in [0, 0.1) is 5.41 Å². The van der Waals surface area contributed by atoms with Crippen LogP contribution in [-0.2, 0) is 4.79 Å². The number of thioether (sulfide) groups is 1. The SMILES string of the molecule is CC1(C)CN(C(=O)CSc2cccs2)CCC1O. The Morgan fingerprint density at radius 1 is 1.67 bits per heavy atom. The molecule has 1 saturated heterocycles. The van der Waals surface area contributed by atoms with Gasteiger partial charge in [-0.3, -0.25) is 4.79 Å². The lowest BCUT2D eigenvalue weighted by molar-refractivity contribution is -0.134. The molecule has 2 rings (SSSR count). The van der Waals surface area contributed by atoms with Crippen molar-refractivity contribution in [1.29, 1.82) is 0 Å². The van der Waals surface area contributed by atoms with Crippen LogP contribution in [0.25, 0.3) is 0 Å². The Hall–Kier alpha value is -0.520. The zero-order valence-electron chi connectivity index (χ0n) is 10.8. The summed E-state index contributed by atoms with van der Waals surface area (Å²) in [6.45, 7) is 5.36. The predicted octanol–water partition coefficient (Wildman–Crippen LogP) is 2.46. The summed E-state index contributed by atoms with van der Waals surface area (Å²) in [6.07, 6.45) is 0.383. The highest BCUT2D eigenvalue weighted by molar-refractivity contribution is 8.01. The van der Waals surface area contributed by atoms with E-state index in [0.717, 1.165) is 0 Å². The number of aliphatic hydroxyl groups excluding tert-OH is 1. The van der Waals surface area contributed by atoms with E-state index >= 15 is 0 Å². The van der Waals surface area contributed by atoms with Gasteiger partial charge in [-0.05, 0) is 17.9 Å². The molecule has 1 N–H and O–H groups in total. The van der Waals surface area contributed by atoms with Crippen molar-refractivity contribution in [3.05, 3.63) is 17.5 Å². The maximum atomic E-state index is 12.1. The molecule has 0 bridgehead atoms. The van der Waals surface area contributed by atoms with E-state index in [4.69, 9.17) is 0 Å². The summed E-state index contributed by atoms with van der Waals surface area (Å²) < 4.78 is 1.18. The largest absolute Gasteiger partial charge is 0.392 e. The van der Waals surface area contributed by atoms with Gasteiger partial charge < -0.3 is 10.0 Å². The maximum absolute atomic E-state index is 12.1. The molecule has 0 aromatic carbocycles. The molecule has 18 heavy (non-hydrogen) atoms. The number of carbonyl (C=O) groups is 1. The zero-order valence-corrected chi connectivity index (χ0v) is 12.4. The van der Waals surface area contributed by atoms with Gasteiger partial charge in [-0.2, -0.15) is 0 Å². The van der Waals surface area contributed by atoms with Crippen LogP contribution in [0.3, 0.4) is 0 Å². The molecule has 1 amide bonds. The molecule has 1 aliphatic rings. The Balaban J connectivity index is 1.86. The number of amides is 1. The topological polar surface area (TPSA) is 40.5 Å². The number of thiophene rings is 1. The van der Waals surface area contributed by atoms with Crippen LogP contribution >= 0.6 is 23.1 Å². The van der Waals surface area contributed by atoms with Crippen molar-refractivity contribution < 1.29 is 9.90 Å². The molecular formula is C13H19NO2S2. The zero-order chi connectivity index (χ0) is 13.2. The molecule has 1 aromatic rings. The summed E-state index contributed by atoms with van der Waals surface area (Å²) in [7, 11) is 0.